The second-order valence-corrected chi connectivity index (χ2v) is 4.30. The Morgan fingerprint density at radius 3 is 2.08 bits per heavy atom. The molecule has 62 valence electrons. The molecule has 0 amide bonds. The van der Waals surface area contributed by atoms with E-state index in [9.17, 15) is 0 Å². The predicted octanol–water partition coefficient (Wildman–Crippen LogP) is 3.13. The lowest BCUT2D eigenvalue weighted by Gasteiger charge is -2.59. The van der Waals surface area contributed by atoms with Crippen LogP contribution in [0.2, 0.25) is 0 Å². The maximum atomic E-state index is 2.31. The van der Waals surface area contributed by atoms with Gasteiger partial charge in [0.15, 0.2) is 0 Å². The van der Waals surface area contributed by atoms with Crippen LogP contribution in [-0.2, 0) is 5.41 Å². The van der Waals surface area contributed by atoms with Crippen molar-refractivity contribution in [3.8, 4) is 0 Å². The Labute approximate surface area is 73.6 Å². The summed E-state index contributed by atoms with van der Waals surface area (Å²) in [5.41, 5.74) is 2.26. The van der Waals surface area contributed by atoms with Crippen molar-refractivity contribution >= 4 is 0 Å². The van der Waals surface area contributed by atoms with Crippen LogP contribution in [0.15, 0.2) is 30.3 Å². The average molecular weight is 158 g/mol. The van der Waals surface area contributed by atoms with Gasteiger partial charge in [0.25, 0.3) is 0 Å². The quantitative estimate of drug-likeness (QED) is 0.589. The number of benzene rings is 1. The largest absolute Gasteiger partial charge is 0.0622 e. The summed E-state index contributed by atoms with van der Waals surface area (Å²) in [6.07, 6.45) is 5.85. The molecular weight excluding hydrogens is 144 g/mol. The molecule has 0 atom stereocenters. The second kappa shape index (κ2) is 2.12. The van der Waals surface area contributed by atoms with Gasteiger partial charge in [0.05, 0.1) is 0 Å². The van der Waals surface area contributed by atoms with E-state index in [4.69, 9.17) is 0 Å². The monoisotopic (exact) mass is 158 g/mol. The molecular formula is C12H14. The molecule has 1 aromatic carbocycles. The zero-order valence-electron chi connectivity index (χ0n) is 7.29. The van der Waals surface area contributed by atoms with Gasteiger partial charge in [0, 0.05) is 0 Å². The highest BCUT2D eigenvalue weighted by molar-refractivity contribution is 5.32. The highest BCUT2D eigenvalue weighted by Crippen LogP contribution is 2.61. The first kappa shape index (κ1) is 6.71. The fourth-order valence-corrected chi connectivity index (χ4v) is 2.96. The normalized spacial score (nSPS) is 37.8. The van der Waals surface area contributed by atoms with E-state index in [0.29, 0.717) is 5.41 Å². The summed E-state index contributed by atoms with van der Waals surface area (Å²) in [5.74, 6) is 1.04. The van der Waals surface area contributed by atoms with Gasteiger partial charge in [-0.3, -0.25) is 0 Å². The number of hydrogen-bond acceptors (Lipinski definition) is 0. The Hall–Kier alpha value is -0.780. The summed E-state index contributed by atoms with van der Waals surface area (Å²) in [5, 5.41) is 0. The molecule has 2 aliphatic rings. The van der Waals surface area contributed by atoms with E-state index in [2.05, 4.69) is 30.3 Å². The molecule has 0 nitrogen and oxygen atoms in total. The summed E-state index contributed by atoms with van der Waals surface area (Å²) < 4.78 is 0. The van der Waals surface area contributed by atoms with Crippen molar-refractivity contribution in [3.63, 3.8) is 0 Å². The van der Waals surface area contributed by atoms with Crippen LogP contribution in [0.4, 0.5) is 0 Å². The Kier molecular flexibility index (Phi) is 1.19. The molecule has 0 unspecified atom stereocenters. The Morgan fingerprint density at radius 2 is 1.67 bits per heavy atom. The van der Waals surface area contributed by atoms with Gasteiger partial charge in [-0.2, -0.15) is 0 Å². The molecule has 0 spiro atoms. The van der Waals surface area contributed by atoms with E-state index in [0.717, 1.165) is 5.92 Å². The number of rotatable bonds is 1. The minimum Gasteiger partial charge on any atom is -0.0622 e. The standard InChI is InChI=1S/C12H14/c1-2-4-10(5-3-1)12-8-6-11(12)7-9-12/h1-5,11H,6-9H2. The Bertz CT molecular complexity index is 278. The molecule has 0 heteroatoms. The van der Waals surface area contributed by atoms with Crippen molar-refractivity contribution < 1.29 is 0 Å². The maximum Gasteiger partial charge on any atom is -0.00185 e. The third-order valence-corrected chi connectivity index (χ3v) is 4.01. The molecule has 0 aromatic heterocycles. The lowest BCUT2D eigenvalue weighted by atomic mass is 9.45. The average Bonchev–Trinajstić information content (AvgIpc) is 2.12. The smallest absolute Gasteiger partial charge is 0.00185 e. The first-order valence-electron chi connectivity index (χ1n) is 4.97. The molecule has 2 saturated carbocycles. The van der Waals surface area contributed by atoms with Crippen LogP contribution in [0, 0.1) is 5.92 Å². The lowest BCUT2D eigenvalue weighted by Crippen LogP contribution is -2.52. The van der Waals surface area contributed by atoms with Gasteiger partial charge in [-0.05, 0) is 42.6 Å². The SMILES string of the molecule is c1ccc(C23CCC2CC3)cc1. The van der Waals surface area contributed by atoms with Crippen molar-refractivity contribution in [2.45, 2.75) is 31.1 Å². The van der Waals surface area contributed by atoms with E-state index in [1.807, 2.05) is 0 Å². The Morgan fingerprint density at radius 1 is 1.00 bits per heavy atom. The summed E-state index contributed by atoms with van der Waals surface area (Å²) >= 11 is 0. The van der Waals surface area contributed by atoms with Crippen LogP contribution in [0.5, 0.6) is 0 Å². The van der Waals surface area contributed by atoms with E-state index in [1.165, 1.54) is 25.7 Å². The molecule has 0 aliphatic heterocycles. The van der Waals surface area contributed by atoms with Gasteiger partial charge in [-0.1, -0.05) is 30.3 Å². The second-order valence-electron chi connectivity index (χ2n) is 4.30. The molecule has 0 heterocycles. The molecule has 1 aromatic rings. The van der Waals surface area contributed by atoms with E-state index >= 15 is 0 Å². The summed E-state index contributed by atoms with van der Waals surface area (Å²) in [6, 6.07) is 11.1. The Balaban J connectivity index is 1.99. The van der Waals surface area contributed by atoms with E-state index in [1.54, 1.807) is 5.56 Å². The molecule has 12 heavy (non-hydrogen) atoms. The van der Waals surface area contributed by atoms with Gasteiger partial charge >= 0.3 is 0 Å². The topological polar surface area (TPSA) is 0 Å². The minimum absolute atomic E-state index is 0.654. The van der Waals surface area contributed by atoms with Crippen molar-refractivity contribution in [2.75, 3.05) is 0 Å². The maximum absolute atomic E-state index is 2.31. The highest BCUT2D eigenvalue weighted by Gasteiger charge is 2.53. The molecule has 0 radical (unpaired) electrons. The van der Waals surface area contributed by atoms with Gasteiger partial charge in [0.1, 0.15) is 0 Å². The summed E-state index contributed by atoms with van der Waals surface area (Å²) in [4.78, 5) is 0. The van der Waals surface area contributed by atoms with Crippen molar-refractivity contribution in [1.29, 1.82) is 0 Å². The number of hydrogen-bond donors (Lipinski definition) is 0. The third-order valence-electron chi connectivity index (χ3n) is 4.01. The van der Waals surface area contributed by atoms with E-state index in [-0.39, 0.29) is 0 Å². The van der Waals surface area contributed by atoms with Crippen molar-refractivity contribution in [1.82, 2.24) is 0 Å². The zero-order valence-corrected chi connectivity index (χ0v) is 7.29. The first-order valence-corrected chi connectivity index (χ1v) is 4.97. The fraction of sp³-hybridized carbons (Fsp3) is 0.500. The highest BCUT2D eigenvalue weighted by atomic mass is 14.6. The molecule has 0 saturated heterocycles. The molecule has 0 bridgehead atoms. The van der Waals surface area contributed by atoms with Crippen LogP contribution in [0.3, 0.4) is 0 Å². The van der Waals surface area contributed by atoms with E-state index < -0.39 is 0 Å². The van der Waals surface area contributed by atoms with Crippen LogP contribution in [0.1, 0.15) is 31.2 Å². The predicted molar refractivity (Wildman–Crippen MR) is 50.1 cm³/mol. The summed E-state index contributed by atoms with van der Waals surface area (Å²) in [6.45, 7) is 0. The van der Waals surface area contributed by atoms with Gasteiger partial charge < -0.3 is 0 Å². The van der Waals surface area contributed by atoms with Gasteiger partial charge in [-0.15, -0.1) is 0 Å². The summed E-state index contributed by atoms with van der Waals surface area (Å²) in [7, 11) is 0. The molecule has 2 aliphatic carbocycles. The molecule has 2 fully saturated rings. The number of fused-ring (bicyclic) bond motifs is 1. The van der Waals surface area contributed by atoms with Gasteiger partial charge in [-0.25, -0.2) is 0 Å². The van der Waals surface area contributed by atoms with Crippen LogP contribution < -0.4 is 0 Å². The van der Waals surface area contributed by atoms with Crippen molar-refractivity contribution in [2.24, 2.45) is 5.92 Å². The van der Waals surface area contributed by atoms with Crippen LogP contribution in [0.25, 0.3) is 0 Å². The zero-order chi connectivity index (χ0) is 8.02. The lowest BCUT2D eigenvalue weighted by molar-refractivity contribution is 0.00597. The van der Waals surface area contributed by atoms with Crippen LogP contribution in [-0.4, -0.2) is 0 Å². The fourth-order valence-electron chi connectivity index (χ4n) is 2.96. The third kappa shape index (κ3) is 0.639. The minimum atomic E-state index is 0.654. The van der Waals surface area contributed by atoms with Gasteiger partial charge in [0.2, 0.25) is 0 Å². The van der Waals surface area contributed by atoms with Crippen molar-refractivity contribution in [3.05, 3.63) is 35.9 Å². The molecule has 3 rings (SSSR count). The first-order chi connectivity index (χ1) is 5.92. The van der Waals surface area contributed by atoms with Crippen LogP contribution >= 0.6 is 0 Å². The molecule has 0 N–H and O–H groups in total.